The zero-order valence-electron chi connectivity index (χ0n) is 12.0. The lowest BCUT2D eigenvalue weighted by Crippen LogP contribution is -2.15. The average molecular weight is 304 g/mol. The molecule has 1 aliphatic rings. The Bertz CT molecular complexity index is 985. The minimum absolute atomic E-state index is 0.190. The van der Waals surface area contributed by atoms with E-state index in [0.717, 1.165) is 16.3 Å². The van der Waals surface area contributed by atoms with Crippen molar-refractivity contribution in [2.24, 2.45) is 4.99 Å². The first kappa shape index (κ1) is 13.4. The molecule has 0 saturated carbocycles. The number of phenols is 1. The molecule has 0 fully saturated rings. The van der Waals surface area contributed by atoms with Crippen molar-refractivity contribution in [3.05, 3.63) is 54.7 Å². The molecule has 0 saturated heterocycles. The molecular formula is C17H12N4O2. The topological polar surface area (TPSA) is 80.4 Å². The number of carbonyl (C=O) groups is 1. The van der Waals surface area contributed by atoms with Gasteiger partial charge in [0, 0.05) is 12.0 Å². The molecule has 23 heavy (non-hydrogen) atoms. The molecule has 1 aromatic heterocycles. The minimum Gasteiger partial charge on any atom is -0.508 e. The lowest BCUT2D eigenvalue weighted by molar-refractivity contribution is -0.117. The lowest BCUT2D eigenvalue weighted by atomic mass is 10.1. The molecule has 1 amide bonds. The van der Waals surface area contributed by atoms with Gasteiger partial charge in [0.05, 0.1) is 6.20 Å². The van der Waals surface area contributed by atoms with E-state index < -0.39 is 0 Å². The van der Waals surface area contributed by atoms with E-state index >= 15 is 0 Å². The second-order valence-corrected chi connectivity index (χ2v) is 5.26. The molecule has 6 nitrogen and oxygen atoms in total. The number of phenolic OH excluding ortho intramolecular Hbond substituents is 1. The van der Waals surface area contributed by atoms with E-state index in [0.29, 0.717) is 18.0 Å². The molecule has 6 heteroatoms. The zero-order chi connectivity index (χ0) is 15.8. The van der Waals surface area contributed by atoms with Gasteiger partial charge < -0.3 is 5.11 Å². The third-order valence-electron chi connectivity index (χ3n) is 3.65. The minimum atomic E-state index is -0.190. The van der Waals surface area contributed by atoms with Gasteiger partial charge in [-0.2, -0.15) is 4.99 Å². The van der Waals surface area contributed by atoms with Gasteiger partial charge in [0.1, 0.15) is 11.4 Å². The van der Waals surface area contributed by atoms with Crippen molar-refractivity contribution in [3.63, 3.8) is 0 Å². The van der Waals surface area contributed by atoms with Gasteiger partial charge in [-0.15, -0.1) is 5.10 Å². The molecule has 0 atom stereocenters. The fourth-order valence-corrected chi connectivity index (χ4v) is 2.50. The Hall–Kier alpha value is -3.28. The molecule has 112 valence electrons. The van der Waals surface area contributed by atoms with Crippen LogP contribution in [0.2, 0.25) is 0 Å². The zero-order valence-corrected chi connectivity index (χ0v) is 12.0. The van der Waals surface area contributed by atoms with E-state index in [1.54, 1.807) is 30.5 Å². The van der Waals surface area contributed by atoms with Crippen molar-refractivity contribution < 1.29 is 9.90 Å². The van der Waals surface area contributed by atoms with Crippen LogP contribution in [-0.2, 0) is 4.79 Å². The molecule has 0 unspecified atom stereocenters. The Morgan fingerprint density at radius 3 is 2.78 bits per heavy atom. The number of aliphatic imine (C=N–C) groups is 1. The fraction of sp³-hybridized carbons (Fsp3) is 0.0588. The maximum Gasteiger partial charge on any atom is 0.251 e. The monoisotopic (exact) mass is 304 g/mol. The van der Waals surface area contributed by atoms with Crippen LogP contribution in [0.1, 0.15) is 6.42 Å². The summed E-state index contributed by atoms with van der Waals surface area (Å²) in [4.78, 5) is 15.3. The third kappa shape index (κ3) is 2.50. The van der Waals surface area contributed by atoms with Crippen LogP contribution in [0.3, 0.4) is 0 Å². The van der Waals surface area contributed by atoms with E-state index in [9.17, 15) is 9.90 Å². The maximum atomic E-state index is 11.4. The van der Waals surface area contributed by atoms with Gasteiger partial charge >= 0.3 is 0 Å². The Kier molecular flexibility index (Phi) is 3.01. The van der Waals surface area contributed by atoms with Crippen LogP contribution in [0.15, 0.2) is 59.7 Å². The second-order valence-electron chi connectivity index (χ2n) is 5.26. The Balaban J connectivity index is 1.73. The summed E-state index contributed by atoms with van der Waals surface area (Å²) in [7, 11) is 0. The van der Waals surface area contributed by atoms with Crippen molar-refractivity contribution in [2.75, 3.05) is 0 Å². The van der Waals surface area contributed by atoms with E-state index in [-0.39, 0.29) is 11.7 Å². The number of hydrogen-bond donors (Lipinski definition) is 1. The molecule has 2 heterocycles. The molecule has 0 spiro atoms. The molecule has 4 rings (SSSR count). The Morgan fingerprint density at radius 2 is 1.91 bits per heavy atom. The Morgan fingerprint density at radius 1 is 1.09 bits per heavy atom. The third-order valence-corrected chi connectivity index (χ3v) is 3.65. The number of dihydropyridines is 1. The first-order valence-corrected chi connectivity index (χ1v) is 7.13. The summed E-state index contributed by atoms with van der Waals surface area (Å²) in [6.45, 7) is 0. The number of carbonyl (C=O) groups excluding carboxylic acids is 1. The molecular weight excluding hydrogens is 292 g/mol. The normalized spacial score (nSPS) is 14.3. The summed E-state index contributed by atoms with van der Waals surface area (Å²) in [5.74, 6) is 0.513. The highest BCUT2D eigenvalue weighted by Crippen LogP contribution is 2.25. The van der Waals surface area contributed by atoms with E-state index in [1.807, 2.05) is 24.3 Å². The molecule has 0 aliphatic carbocycles. The predicted octanol–water partition coefficient (Wildman–Crippen LogP) is 2.54. The highest BCUT2D eigenvalue weighted by Gasteiger charge is 2.11. The lowest BCUT2D eigenvalue weighted by Gasteiger charge is -2.03. The van der Waals surface area contributed by atoms with Crippen LogP contribution in [0.25, 0.3) is 22.0 Å². The average Bonchev–Trinajstić information content (AvgIpc) is 3.04. The largest absolute Gasteiger partial charge is 0.508 e. The van der Waals surface area contributed by atoms with Gasteiger partial charge in [0.2, 0.25) is 0 Å². The molecule has 0 radical (unpaired) electrons. The van der Waals surface area contributed by atoms with Gasteiger partial charge in [-0.3, -0.25) is 4.79 Å². The van der Waals surface area contributed by atoms with Crippen LogP contribution < -0.4 is 0 Å². The van der Waals surface area contributed by atoms with E-state index in [1.165, 1.54) is 4.68 Å². The van der Waals surface area contributed by atoms with Crippen molar-refractivity contribution in [1.29, 1.82) is 0 Å². The van der Waals surface area contributed by atoms with E-state index in [4.69, 9.17) is 0 Å². The van der Waals surface area contributed by atoms with Crippen LogP contribution in [-0.4, -0.2) is 31.8 Å². The number of aromatic nitrogens is 3. The van der Waals surface area contributed by atoms with Gasteiger partial charge in [0.25, 0.3) is 5.91 Å². The van der Waals surface area contributed by atoms with Crippen molar-refractivity contribution in [3.8, 4) is 17.0 Å². The number of nitrogens with zero attached hydrogens (tertiary/aromatic N) is 4. The highest BCUT2D eigenvalue weighted by molar-refractivity contribution is 6.04. The number of allylic oxidation sites excluding steroid dienone is 1. The van der Waals surface area contributed by atoms with E-state index in [2.05, 4.69) is 15.3 Å². The van der Waals surface area contributed by atoms with Crippen LogP contribution in [0.4, 0.5) is 0 Å². The summed E-state index contributed by atoms with van der Waals surface area (Å²) in [6.07, 6.45) is 5.57. The molecule has 1 N–H and O–H groups in total. The summed E-state index contributed by atoms with van der Waals surface area (Å²) >= 11 is 0. The summed E-state index contributed by atoms with van der Waals surface area (Å²) < 4.78 is 1.49. The number of amides is 1. The van der Waals surface area contributed by atoms with Gasteiger partial charge in [-0.1, -0.05) is 29.5 Å². The van der Waals surface area contributed by atoms with Crippen molar-refractivity contribution in [1.82, 2.24) is 15.0 Å². The summed E-state index contributed by atoms with van der Waals surface area (Å²) in [5.41, 5.74) is 1.59. The van der Waals surface area contributed by atoms with Gasteiger partial charge in [0.15, 0.2) is 5.84 Å². The molecule has 3 aromatic rings. The fourth-order valence-electron chi connectivity index (χ4n) is 2.50. The number of hydrogen-bond acceptors (Lipinski definition) is 4. The van der Waals surface area contributed by atoms with Crippen molar-refractivity contribution in [2.45, 2.75) is 6.42 Å². The first-order valence-electron chi connectivity index (χ1n) is 7.13. The number of fused-ring (bicyclic) bond motifs is 1. The maximum absolute atomic E-state index is 11.4. The molecule has 1 aliphatic heterocycles. The predicted molar refractivity (Wildman–Crippen MR) is 86.2 cm³/mol. The smallest absolute Gasteiger partial charge is 0.251 e. The van der Waals surface area contributed by atoms with Gasteiger partial charge in [-0.25, -0.2) is 4.68 Å². The SMILES string of the molecule is O=C1CC=CC(n2cc(-c3ccc4cc(O)ccc4c3)nn2)=N1. The number of rotatable bonds is 1. The van der Waals surface area contributed by atoms with Gasteiger partial charge in [-0.05, 0) is 35.0 Å². The standard InChI is InChI=1S/C17H12N4O2/c22-14-7-6-11-8-13(5-4-12(11)9-14)15-10-21(20-19-15)16-2-1-3-17(23)18-16/h1-2,4-10,22H,3H2. The number of aromatic hydroxyl groups is 1. The second kappa shape index (κ2) is 5.17. The summed E-state index contributed by atoms with van der Waals surface area (Å²) in [5, 5.41) is 19.6. The summed E-state index contributed by atoms with van der Waals surface area (Å²) in [6, 6.07) is 11.0. The molecule has 0 bridgehead atoms. The van der Waals surface area contributed by atoms with Crippen LogP contribution in [0, 0.1) is 0 Å². The first-order chi connectivity index (χ1) is 11.2. The molecule has 2 aromatic carbocycles. The highest BCUT2D eigenvalue weighted by atomic mass is 16.3. The van der Waals surface area contributed by atoms with Crippen LogP contribution in [0.5, 0.6) is 5.75 Å². The Labute approximate surface area is 131 Å². The van der Waals surface area contributed by atoms with Crippen molar-refractivity contribution >= 4 is 22.5 Å². The van der Waals surface area contributed by atoms with Crippen LogP contribution >= 0.6 is 0 Å². The quantitative estimate of drug-likeness (QED) is 0.749. The number of benzene rings is 2.